The van der Waals surface area contributed by atoms with Crippen LogP contribution in [0.2, 0.25) is 0 Å². The molecular formula is C5H9BN2O2. The molecule has 10 heavy (non-hydrogen) atoms. The first-order chi connectivity index (χ1) is 4.72. The summed E-state index contributed by atoms with van der Waals surface area (Å²) in [4.78, 5) is 3.53. The van der Waals surface area contributed by atoms with Crippen molar-refractivity contribution >= 4 is 13.3 Å². The van der Waals surface area contributed by atoms with Gasteiger partial charge in [0, 0.05) is 17.9 Å². The van der Waals surface area contributed by atoms with E-state index in [-0.39, 0.29) is 5.47 Å². The fraction of sp³-hybridized carbons (Fsp3) is 0. The van der Waals surface area contributed by atoms with Crippen LogP contribution in [0.5, 0.6) is 0 Å². The molecule has 0 aromatic heterocycles. The molecule has 54 valence electrons. The lowest BCUT2D eigenvalue weighted by Crippen LogP contribution is -2.17. The number of rotatable bonds is 3. The Morgan fingerprint density at radius 1 is 1.60 bits per heavy atom. The topological polar surface area (TPSA) is 78.8 Å². The molecule has 5 heteroatoms. The molecular weight excluding hydrogens is 131 g/mol. The van der Waals surface area contributed by atoms with E-state index in [9.17, 15) is 0 Å². The van der Waals surface area contributed by atoms with Crippen LogP contribution in [-0.2, 0) is 0 Å². The lowest BCUT2D eigenvalue weighted by molar-refractivity contribution is 0.422. The van der Waals surface area contributed by atoms with E-state index < -0.39 is 7.12 Å². The minimum Gasteiger partial charge on any atom is -0.423 e. The Kier molecular flexibility index (Phi) is 4.27. The van der Waals surface area contributed by atoms with E-state index in [1.807, 2.05) is 0 Å². The van der Waals surface area contributed by atoms with Crippen LogP contribution in [0.3, 0.4) is 0 Å². The first kappa shape index (κ1) is 8.93. The molecule has 0 aliphatic rings. The van der Waals surface area contributed by atoms with Gasteiger partial charge in [0.15, 0.2) is 0 Å². The third-order valence-electron chi connectivity index (χ3n) is 0.820. The average Bonchev–Trinajstić information content (AvgIpc) is 1.89. The lowest BCUT2D eigenvalue weighted by Gasteiger charge is -1.94. The molecule has 0 heterocycles. The molecule has 0 aliphatic heterocycles. The number of hydrogen-bond donors (Lipinski definition) is 3. The van der Waals surface area contributed by atoms with Gasteiger partial charge in [0.05, 0.1) is 0 Å². The minimum absolute atomic E-state index is 0.139. The normalized spacial score (nSPS) is 12.0. The Morgan fingerprint density at radius 3 is 2.50 bits per heavy atom. The monoisotopic (exact) mass is 140 g/mol. The molecule has 0 aromatic rings. The van der Waals surface area contributed by atoms with Gasteiger partial charge < -0.3 is 15.8 Å². The van der Waals surface area contributed by atoms with Gasteiger partial charge in [0.25, 0.3) is 0 Å². The predicted octanol–water partition coefficient (Wildman–Crippen LogP) is -0.945. The predicted molar refractivity (Wildman–Crippen MR) is 41.2 cm³/mol. The zero-order chi connectivity index (χ0) is 7.98. The van der Waals surface area contributed by atoms with Gasteiger partial charge in [-0.3, -0.25) is 4.99 Å². The summed E-state index contributed by atoms with van der Waals surface area (Å²) in [6.07, 6.45) is 3.56. The van der Waals surface area contributed by atoms with Crippen LogP contribution in [0.4, 0.5) is 0 Å². The SMILES string of the molecule is C=CN=C/C(=C\N)B(O)O. The Hall–Kier alpha value is -1.07. The van der Waals surface area contributed by atoms with E-state index in [4.69, 9.17) is 15.8 Å². The number of aliphatic imine (C=N–C) groups is 1. The van der Waals surface area contributed by atoms with Crippen molar-refractivity contribution in [2.75, 3.05) is 0 Å². The van der Waals surface area contributed by atoms with Gasteiger partial charge in [0.2, 0.25) is 0 Å². The third-order valence-corrected chi connectivity index (χ3v) is 0.820. The second kappa shape index (κ2) is 4.78. The molecule has 0 bridgehead atoms. The van der Waals surface area contributed by atoms with Crippen molar-refractivity contribution in [3.63, 3.8) is 0 Å². The molecule has 0 saturated heterocycles. The number of nitrogens with two attached hydrogens (primary N) is 1. The summed E-state index contributed by atoms with van der Waals surface area (Å²) in [5.41, 5.74) is 5.15. The second-order valence-electron chi connectivity index (χ2n) is 1.50. The van der Waals surface area contributed by atoms with Gasteiger partial charge in [-0.15, -0.1) is 0 Å². The molecule has 0 unspecified atom stereocenters. The summed E-state index contributed by atoms with van der Waals surface area (Å²) in [7, 11) is -1.58. The summed E-state index contributed by atoms with van der Waals surface area (Å²) in [5.74, 6) is 0. The Labute approximate surface area is 59.5 Å². The molecule has 0 amide bonds. The first-order valence-electron chi connectivity index (χ1n) is 2.64. The molecule has 0 aromatic carbocycles. The average molecular weight is 140 g/mol. The van der Waals surface area contributed by atoms with Crippen LogP contribution in [0, 0.1) is 0 Å². The number of allylic oxidation sites excluding steroid dienone is 1. The molecule has 0 rings (SSSR count). The van der Waals surface area contributed by atoms with Crippen molar-refractivity contribution in [3.05, 3.63) is 24.5 Å². The summed E-state index contributed by atoms with van der Waals surface area (Å²) in [6.45, 7) is 3.30. The highest BCUT2D eigenvalue weighted by Gasteiger charge is 2.10. The zero-order valence-electron chi connectivity index (χ0n) is 5.44. The van der Waals surface area contributed by atoms with E-state index in [1.165, 1.54) is 12.4 Å². The molecule has 0 radical (unpaired) electrons. The van der Waals surface area contributed by atoms with E-state index in [0.717, 1.165) is 6.20 Å². The van der Waals surface area contributed by atoms with Crippen molar-refractivity contribution in [2.24, 2.45) is 10.7 Å². The quantitative estimate of drug-likeness (QED) is 0.349. The fourth-order valence-electron chi connectivity index (χ4n) is 0.335. The highest BCUT2D eigenvalue weighted by atomic mass is 16.4. The molecule has 0 atom stereocenters. The summed E-state index contributed by atoms with van der Waals surface area (Å²) in [5, 5.41) is 17.0. The largest absolute Gasteiger partial charge is 0.491 e. The van der Waals surface area contributed by atoms with Crippen molar-refractivity contribution in [2.45, 2.75) is 0 Å². The van der Waals surface area contributed by atoms with Gasteiger partial charge in [-0.05, 0) is 6.20 Å². The van der Waals surface area contributed by atoms with Crippen LogP contribution >= 0.6 is 0 Å². The Balaban J connectivity index is 4.10. The smallest absolute Gasteiger partial charge is 0.423 e. The molecule has 0 fully saturated rings. The second-order valence-corrected chi connectivity index (χ2v) is 1.50. The van der Waals surface area contributed by atoms with Gasteiger partial charge in [-0.1, -0.05) is 6.58 Å². The highest BCUT2D eigenvalue weighted by molar-refractivity contribution is 6.56. The maximum absolute atomic E-state index is 8.52. The van der Waals surface area contributed by atoms with E-state index in [0.29, 0.717) is 0 Å². The third kappa shape index (κ3) is 3.06. The van der Waals surface area contributed by atoms with Crippen LogP contribution in [0.1, 0.15) is 0 Å². The number of hydrogen-bond acceptors (Lipinski definition) is 4. The summed E-state index contributed by atoms with van der Waals surface area (Å²) < 4.78 is 0. The van der Waals surface area contributed by atoms with Gasteiger partial charge in [0.1, 0.15) is 0 Å². The lowest BCUT2D eigenvalue weighted by atomic mass is 9.81. The van der Waals surface area contributed by atoms with Gasteiger partial charge in [-0.2, -0.15) is 0 Å². The van der Waals surface area contributed by atoms with Crippen LogP contribution in [-0.4, -0.2) is 23.4 Å². The molecule has 0 aliphatic carbocycles. The Morgan fingerprint density at radius 2 is 2.20 bits per heavy atom. The Bertz CT molecular complexity index is 165. The zero-order valence-corrected chi connectivity index (χ0v) is 5.44. The van der Waals surface area contributed by atoms with Crippen molar-refractivity contribution in [1.82, 2.24) is 0 Å². The summed E-state index contributed by atoms with van der Waals surface area (Å²) in [6, 6.07) is 0. The highest BCUT2D eigenvalue weighted by Crippen LogP contribution is 1.88. The molecule has 0 spiro atoms. The fourth-order valence-corrected chi connectivity index (χ4v) is 0.335. The van der Waals surface area contributed by atoms with Gasteiger partial charge >= 0.3 is 7.12 Å². The maximum Gasteiger partial charge on any atom is 0.491 e. The van der Waals surface area contributed by atoms with Crippen molar-refractivity contribution in [1.29, 1.82) is 0 Å². The molecule has 0 saturated carbocycles. The standard InChI is InChI=1S/C5H9BN2O2/c1-2-8-4-5(3-7)6(9)10/h2-4,9-10H,1,7H2/b5-3+,8-4?. The van der Waals surface area contributed by atoms with Crippen LogP contribution in [0.25, 0.3) is 0 Å². The number of nitrogens with zero attached hydrogens (tertiary/aromatic N) is 1. The minimum atomic E-state index is -1.58. The molecule has 4 nitrogen and oxygen atoms in total. The van der Waals surface area contributed by atoms with Crippen LogP contribution < -0.4 is 5.73 Å². The van der Waals surface area contributed by atoms with E-state index in [1.54, 1.807) is 0 Å². The van der Waals surface area contributed by atoms with Crippen molar-refractivity contribution < 1.29 is 10.0 Å². The van der Waals surface area contributed by atoms with E-state index >= 15 is 0 Å². The maximum atomic E-state index is 8.52. The molecule has 4 N–H and O–H groups in total. The summed E-state index contributed by atoms with van der Waals surface area (Å²) >= 11 is 0. The van der Waals surface area contributed by atoms with E-state index in [2.05, 4.69) is 11.6 Å². The van der Waals surface area contributed by atoms with Crippen molar-refractivity contribution in [3.8, 4) is 0 Å². The van der Waals surface area contributed by atoms with Gasteiger partial charge in [-0.25, -0.2) is 0 Å². The first-order valence-corrected chi connectivity index (χ1v) is 2.64. The van der Waals surface area contributed by atoms with Crippen LogP contribution in [0.15, 0.2) is 29.4 Å².